The summed E-state index contributed by atoms with van der Waals surface area (Å²) in [6, 6.07) is 17.6. The van der Waals surface area contributed by atoms with Gasteiger partial charge in [-0.05, 0) is 42.5 Å². The Kier molecular flexibility index (Phi) is 7.57. The Labute approximate surface area is 254 Å². The molecule has 4 aromatic rings. The number of ether oxygens (including phenoxy) is 1. The Morgan fingerprint density at radius 1 is 1.00 bits per heavy atom. The molecule has 3 amide bonds. The SMILES string of the molecule is O=C(COc1ccc(Cl)cc1[C@@H]1c2sc(=O)[nH]c2S[C@H]2C(=O)N(c3ccccc3C(F)(F)F)C(=O)[C@@H]12)Nc1ccccc1. The van der Waals surface area contributed by atoms with E-state index in [1.165, 1.54) is 30.3 Å². The lowest BCUT2D eigenvalue weighted by Crippen LogP contribution is -2.33. The maximum atomic E-state index is 14.0. The first-order chi connectivity index (χ1) is 20.5. The molecule has 8 nitrogen and oxygen atoms in total. The third-order valence-electron chi connectivity index (χ3n) is 7.00. The molecule has 0 bridgehead atoms. The zero-order valence-electron chi connectivity index (χ0n) is 21.7. The number of benzene rings is 3. The zero-order chi connectivity index (χ0) is 30.5. The van der Waals surface area contributed by atoms with E-state index in [9.17, 15) is 32.3 Å². The van der Waals surface area contributed by atoms with Gasteiger partial charge in [-0.3, -0.25) is 19.2 Å². The van der Waals surface area contributed by atoms with E-state index in [4.69, 9.17) is 16.3 Å². The average Bonchev–Trinajstić information content (AvgIpc) is 3.46. The predicted octanol–water partition coefficient (Wildman–Crippen LogP) is 5.92. The minimum absolute atomic E-state index is 0.157. The van der Waals surface area contributed by atoms with Crippen molar-refractivity contribution >= 4 is 63.8 Å². The molecule has 0 unspecified atom stereocenters. The molecule has 1 aromatic heterocycles. The number of carbonyl (C=O) groups excluding carboxylic acids is 3. The summed E-state index contributed by atoms with van der Waals surface area (Å²) >= 11 is 8.09. The molecule has 43 heavy (non-hydrogen) atoms. The highest BCUT2D eigenvalue weighted by molar-refractivity contribution is 8.00. The number of halogens is 4. The second-order valence-electron chi connectivity index (χ2n) is 9.66. The van der Waals surface area contributed by atoms with Crippen molar-refractivity contribution < 1.29 is 32.3 Å². The van der Waals surface area contributed by atoms with Gasteiger partial charge in [0.05, 0.1) is 22.2 Å². The topological polar surface area (TPSA) is 109 Å². The van der Waals surface area contributed by atoms with E-state index < -0.39 is 63.7 Å². The quantitative estimate of drug-likeness (QED) is 0.252. The van der Waals surface area contributed by atoms with Crippen molar-refractivity contribution in [3.8, 4) is 5.75 Å². The third-order valence-corrected chi connectivity index (χ3v) is 9.63. The Hall–Kier alpha value is -4.07. The summed E-state index contributed by atoms with van der Waals surface area (Å²) in [5, 5.41) is 2.11. The first kappa shape index (κ1) is 29.0. The Bertz CT molecular complexity index is 1810. The van der Waals surface area contributed by atoms with Gasteiger partial charge in [-0.1, -0.05) is 65.0 Å². The number of H-pyrrole nitrogens is 1. The van der Waals surface area contributed by atoms with Crippen LogP contribution in [0.4, 0.5) is 24.5 Å². The lowest BCUT2D eigenvalue weighted by Gasteiger charge is -2.31. The van der Waals surface area contributed by atoms with Crippen LogP contribution in [0.15, 0.2) is 82.6 Å². The van der Waals surface area contributed by atoms with Gasteiger partial charge in [0.15, 0.2) is 6.61 Å². The number of imide groups is 1. The van der Waals surface area contributed by atoms with Crippen LogP contribution in [0.2, 0.25) is 5.02 Å². The summed E-state index contributed by atoms with van der Waals surface area (Å²) < 4.78 is 47.6. The molecule has 1 saturated heterocycles. The number of thiazole rings is 1. The van der Waals surface area contributed by atoms with Crippen LogP contribution in [-0.4, -0.2) is 34.6 Å². The van der Waals surface area contributed by atoms with Crippen molar-refractivity contribution in [1.82, 2.24) is 4.98 Å². The summed E-state index contributed by atoms with van der Waals surface area (Å²) in [5.74, 6) is -4.20. The van der Waals surface area contributed by atoms with Gasteiger partial charge < -0.3 is 15.0 Å². The molecule has 220 valence electrons. The van der Waals surface area contributed by atoms with E-state index in [1.807, 2.05) is 0 Å². The maximum Gasteiger partial charge on any atom is 0.418 e. The lowest BCUT2D eigenvalue weighted by atomic mass is 9.82. The Morgan fingerprint density at radius 3 is 2.47 bits per heavy atom. The number of nitrogens with one attached hydrogen (secondary N) is 2. The van der Waals surface area contributed by atoms with Gasteiger partial charge in [0.25, 0.3) is 5.91 Å². The van der Waals surface area contributed by atoms with E-state index in [0.29, 0.717) is 26.1 Å². The minimum atomic E-state index is -4.82. The number of amides is 3. The van der Waals surface area contributed by atoms with Crippen LogP contribution < -0.4 is 19.8 Å². The molecule has 2 aliphatic rings. The van der Waals surface area contributed by atoms with Crippen LogP contribution in [0, 0.1) is 5.92 Å². The van der Waals surface area contributed by atoms with E-state index >= 15 is 0 Å². The molecule has 14 heteroatoms. The molecule has 3 heterocycles. The van der Waals surface area contributed by atoms with Crippen molar-refractivity contribution in [2.24, 2.45) is 5.92 Å². The van der Waals surface area contributed by atoms with Gasteiger partial charge in [0.2, 0.25) is 11.8 Å². The Morgan fingerprint density at radius 2 is 1.72 bits per heavy atom. The normalized spacial score (nSPS) is 19.6. The molecule has 1 fully saturated rings. The number of hydrogen-bond acceptors (Lipinski definition) is 7. The number of alkyl halides is 3. The van der Waals surface area contributed by atoms with Crippen LogP contribution >= 0.6 is 34.7 Å². The lowest BCUT2D eigenvalue weighted by molar-refractivity contribution is -0.137. The van der Waals surface area contributed by atoms with Crippen molar-refractivity contribution in [2.45, 2.75) is 22.4 Å². The van der Waals surface area contributed by atoms with Crippen LogP contribution in [0.5, 0.6) is 5.75 Å². The molecular weight excluding hydrogens is 627 g/mol. The maximum absolute atomic E-state index is 14.0. The number of hydrogen-bond donors (Lipinski definition) is 2. The van der Waals surface area contributed by atoms with Gasteiger partial charge in [-0.15, -0.1) is 0 Å². The number of carbonyl (C=O) groups is 3. The molecular formula is C29H19ClF3N3O5S2. The molecule has 2 N–H and O–H groups in total. The average molecular weight is 646 g/mol. The molecule has 0 spiro atoms. The highest BCUT2D eigenvalue weighted by Crippen LogP contribution is 2.55. The Balaban J connectivity index is 1.40. The van der Waals surface area contributed by atoms with Gasteiger partial charge in [-0.2, -0.15) is 13.2 Å². The van der Waals surface area contributed by atoms with Gasteiger partial charge in [0.1, 0.15) is 11.0 Å². The van der Waals surface area contributed by atoms with Gasteiger partial charge in [0, 0.05) is 27.1 Å². The standard InChI is InChI=1S/C29H19ClF3N3O5S2/c30-14-10-11-19(41-13-20(37)34-15-6-2-1-3-7-15)16(12-14)21-22-24(42-25-23(21)43-28(40)35-25)27(39)36(26(22)38)18-9-5-4-8-17(18)29(31,32)33/h1-12,21-22,24H,13H2,(H,34,37)(H,35,40)/t21-,22-,24+/m0/s1. The largest absolute Gasteiger partial charge is 0.483 e. The number of para-hydroxylation sites is 2. The summed E-state index contributed by atoms with van der Waals surface area (Å²) in [5.41, 5.74) is -0.846. The van der Waals surface area contributed by atoms with Crippen LogP contribution in [0.25, 0.3) is 0 Å². The van der Waals surface area contributed by atoms with Crippen molar-refractivity contribution in [3.05, 3.63) is 103 Å². The first-order valence-electron chi connectivity index (χ1n) is 12.7. The summed E-state index contributed by atoms with van der Waals surface area (Å²) in [4.78, 5) is 56.0. The highest BCUT2D eigenvalue weighted by atomic mass is 35.5. The van der Waals surface area contributed by atoms with Crippen LogP contribution in [0.1, 0.15) is 21.9 Å². The van der Waals surface area contributed by atoms with Crippen molar-refractivity contribution in [3.63, 3.8) is 0 Å². The number of fused-ring (bicyclic) bond motifs is 2. The molecule has 6 rings (SSSR count). The fourth-order valence-corrected chi connectivity index (χ4v) is 7.94. The minimum Gasteiger partial charge on any atom is -0.483 e. The molecule has 3 atom stereocenters. The van der Waals surface area contributed by atoms with Crippen molar-refractivity contribution in [2.75, 3.05) is 16.8 Å². The molecule has 2 aliphatic heterocycles. The van der Waals surface area contributed by atoms with Crippen molar-refractivity contribution in [1.29, 1.82) is 0 Å². The van der Waals surface area contributed by atoms with E-state index in [0.717, 1.165) is 35.2 Å². The predicted molar refractivity (Wildman–Crippen MR) is 156 cm³/mol. The number of nitrogens with zero attached hydrogens (tertiary/aromatic N) is 1. The second kappa shape index (κ2) is 11.2. The molecule has 0 aliphatic carbocycles. The fraction of sp³-hybridized carbons (Fsp3) is 0.172. The molecule has 0 radical (unpaired) electrons. The highest BCUT2D eigenvalue weighted by Gasteiger charge is 2.57. The van der Waals surface area contributed by atoms with Gasteiger partial charge in [-0.25, -0.2) is 4.90 Å². The fourth-order valence-electron chi connectivity index (χ4n) is 5.25. The number of rotatable bonds is 6. The first-order valence-corrected chi connectivity index (χ1v) is 14.8. The summed E-state index contributed by atoms with van der Waals surface area (Å²) in [6.45, 7) is -0.423. The van der Waals surface area contributed by atoms with E-state index in [-0.39, 0.29) is 10.8 Å². The number of aromatic nitrogens is 1. The number of thioether (sulfide) groups is 1. The molecule has 0 saturated carbocycles. The smallest absolute Gasteiger partial charge is 0.418 e. The number of anilines is 2. The monoisotopic (exact) mass is 645 g/mol. The molecule has 3 aromatic carbocycles. The third kappa shape index (κ3) is 5.43. The van der Waals surface area contributed by atoms with E-state index in [1.54, 1.807) is 30.3 Å². The van der Waals surface area contributed by atoms with Crippen LogP contribution in [-0.2, 0) is 20.6 Å². The number of aromatic amines is 1. The zero-order valence-corrected chi connectivity index (χ0v) is 24.1. The van der Waals surface area contributed by atoms with Crippen LogP contribution in [0.3, 0.4) is 0 Å². The summed E-state index contributed by atoms with van der Waals surface area (Å²) in [7, 11) is 0. The second-order valence-corrected chi connectivity index (χ2v) is 12.3. The van der Waals surface area contributed by atoms with E-state index in [2.05, 4.69) is 10.3 Å². The van der Waals surface area contributed by atoms with Gasteiger partial charge >= 0.3 is 11.0 Å². The summed E-state index contributed by atoms with van der Waals surface area (Å²) in [6.07, 6.45) is -4.82.